The van der Waals surface area contributed by atoms with Gasteiger partial charge in [-0.25, -0.2) is 0 Å². The Morgan fingerprint density at radius 3 is 2.34 bits per heavy atom. The number of hydrogen-bond acceptors (Lipinski definition) is 6. The van der Waals surface area contributed by atoms with E-state index in [2.05, 4.69) is 26.3 Å². The highest BCUT2D eigenvalue weighted by Gasteiger charge is 2.32. The Labute approximate surface area is 245 Å². The second-order valence-corrected chi connectivity index (χ2v) is 11.5. The number of nitrogens with one attached hydrogen (secondary N) is 5. The van der Waals surface area contributed by atoms with E-state index in [4.69, 9.17) is 0 Å². The fourth-order valence-electron chi connectivity index (χ4n) is 4.58. The molecule has 1 aliphatic rings. The summed E-state index contributed by atoms with van der Waals surface area (Å²) < 4.78 is 0. The summed E-state index contributed by atoms with van der Waals surface area (Å²) in [6, 6.07) is 7.79. The van der Waals surface area contributed by atoms with Gasteiger partial charge in [-0.2, -0.15) is 11.8 Å². The van der Waals surface area contributed by atoms with Gasteiger partial charge in [0.15, 0.2) is 0 Å². The van der Waals surface area contributed by atoms with Gasteiger partial charge in [0.2, 0.25) is 23.6 Å². The van der Waals surface area contributed by atoms with Gasteiger partial charge in [0.1, 0.15) is 18.1 Å². The molecule has 1 saturated heterocycles. The molecule has 2 heterocycles. The lowest BCUT2D eigenvalue weighted by atomic mass is 10.0. The molecule has 5 amide bonds. The van der Waals surface area contributed by atoms with Gasteiger partial charge < -0.3 is 31.2 Å². The van der Waals surface area contributed by atoms with E-state index >= 15 is 0 Å². The number of aromatic amines is 1. The number of H-pyrrole nitrogens is 1. The molecule has 0 aliphatic carbocycles. The third kappa shape index (κ3) is 9.38. The van der Waals surface area contributed by atoms with Crippen LogP contribution in [0.2, 0.25) is 0 Å². The Balaban J connectivity index is 1.98. The van der Waals surface area contributed by atoms with Crippen LogP contribution in [0.3, 0.4) is 0 Å². The number of hydrogen-bond donors (Lipinski definition) is 5. The standard InChI is InChI=1S/C29H40N6O5S/c1-18(2)25-28(39)33-23(11-13-41-4)27(38)31-19(3)26(37)32-22(14-20-8-6-5-7-9-20)16-35(17-24(36)34-25)29(40)21-10-12-30-15-21/h5-10,12,15,18-19,22-23,25,30H,11,13-14,16-17H2,1-4H3,(H,31,38)(H,32,37)(H,33,39)(H,34,36)/t19-,22+,23-,25-/m0/s1. The van der Waals surface area contributed by atoms with Crippen LogP contribution in [0.5, 0.6) is 0 Å². The van der Waals surface area contributed by atoms with Crippen LogP contribution < -0.4 is 21.3 Å². The summed E-state index contributed by atoms with van der Waals surface area (Å²) in [6.45, 7) is 4.85. The summed E-state index contributed by atoms with van der Waals surface area (Å²) in [5.41, 5.74) is 1.29. The van der Waals surface area contributed by atoms with Gasteiger partial charge in [0.25, 0.3) is 5.91 Å². The van der Waals surface area contributed by atoms with Crippen molar-refractivity contribution in [3.05, 3.63) is 59.9 Å². The van der Waals surface area contributed by atoms with E-state index in [1.54, 1.807) is 33.0 Å². The lowest BCUT2D eigenvalue weighted by Gasteiger charge is -2.29. The first kappa shape index (κ1) is 31.7. The fraction of sp³-hybridized carbons (Fsp3) is 0.483. The Morgan fingerprint density at radius 2 is 1.71 bits per heavy atom. The lowest BCUT2D eigenvalue weighted by Crippen LogP contribution is -2.57. The topological polar surface area (TPSA) is 152 Å². The highest BCUT2D eigenvalue weighted by atomic mass is 32.2. The molecular weight excluding hydrogens is 544 g/mol. The molecule has 222 valence electrons. The van der Waals surface area contributed by atoms with Crippen LogP contribution in [0.4, 0.5) is 0 Å². The van der Waals surface area contributed by atoms with Crippen LogP contribution in [-0.4, -0.2) is 88.7 Å². The van der Waals surface area contributed by atoms with Crippen molar-refractivity contribution in [1.82, 2.24) is 31.2 Å². The molecular formula is C29H40N6O5S. The Morgan fingerprint density at radius 1 is 0.976 bits per heavy atom. The summed E-state index contributed by atoms with van der Waals surface area (Å²) in [4.78, 5) is 70.8. The molecule has 0 spiro atoms. The smallest absolute Gasteiger partial charge is 0.255 e. The summed E-state index contributed by atoms with van der Waals surface area (Å²) in [7, 11) is 0. The third-order valence-corrected chi connectivity index (χ3v) is 7.48. The number of amides is 5. The minimum atomic E-state index is -0.932. The fourth-order valence-corrected chi connectivity index (χ4v) is 5.06. The molecule has 2 aromatic rings. The predicted octanol–water partition coefficient (Wildman–Crippen LogP) is 1.08. The molecule has 1 aliphatic heterocycles. The van der Waals surface area contributed by atoms with Crippen LogP contribution in [0.25, 0.3) is 0 Å². The number of benzene rings is 1. The largest absolute Gasteiger partial charge is 0.367 e. The maximum absolute atomic E-state index is 13.5. The van der Waals surface area contributed by atoms with E-state index < -0.39 is 53.7 Å². The third-order valence-electron chi connectivity index (χ3n) is 6.84. The van der Waals surface area contributed by atoms with Gasteiger partial charge in [0.05, 0.1) is 18.2 Å². The van der Waals surface area contributed by atoms with E-state index in [9.17, 15) is 24.0 Å². The van der Waals surface area contributed by atoms with Crippen LogP contribution in [0.15, 0.2) is 48.8 Å². The maximum atomic E-state index is 13.5. The number of rotatable bonds is 7. The molecule has 0 radical (unpaired) electrons. The van der Waals surface area contributed by atoms with Crippen molar-refractivity contribution in [3.63, 3.8) is 0 Å². The second-order valence-electron chi connectivity index (χ2n) is 10.5. The predicted molar refractivity (Wildman–Crippen MR) is 158 cm³/mol. The summed E-state index contributed by atoms with van der Waals surface area (Å²) >= 11 is 1.53. The van der Waals surface area contributed by atoms with Gasteiger partial charge in [-0.3, -0.25) is 24.0 Å². The molecule has 41 heavy (non-hydrogen) atoms. The first-order valence-electron chi connectivity index (χ1n) is 13.7. The first-order chi connectivity index (χ1) is 19.6. The van der Waals surface area contributed by atoms with E-state index in [1.807, 2.05) is 36.6 Å². The molecule has 5 N–H and O–H groups in total. The monoisotopic (exact) mass is 584 g/mol. The van der Waals surface area contributed by atoms with Crippen molar-refractivity contribution < 1.29 is 24.0 Å². The van der Waals surface area contributed by atoms with Crippen molar-refractivity contribution in [1.29, 1.82) is 0 Å². The SMILES string of the molecule is CSCC[C@@H]1NC(=O)[C@H](C(C)C)NC(=O)CN(C(=O)c2cc[nH]c2)C[C@@H](Cc2ccccc2)NC(=O)[C@H](C)NC1=O. The normalized spacial score (nSPS) is 23.1. The molecule has 0 saturated carbocycles. The Kier molecular flexibility index (Phi) is 11.8. The summed E-state index contributed by atoms with van der Waals surface area (Å²) in [5.74, 6) is -2.05. The molecule has 12 heteroatoms. The number of aromatic nitrogens is 1. The highest BCUT2D eigenvalue weighted by molar-refractivity contribution is 7.98. The number of nitrogens with zero attached hydrogens (tertiary/aromatic N) is 1. The lowest BCUT2D eigenvalue weighted by molar-refractivity contribution is -0.134. The van der Waals surface area contributed by atoms with Gasteiger partial charge in [-0.05, 0) is 49.3 Å². The van der Waals surface area contributed by atoms with E-state index in [0.29, 0.717) is 24.2 Å². The zero-order valence-corrected chi connectivity index (χ0v) is 24.8. The minimum Gasteiger partial charge on any atom is -0.367 e. The van der Waals surface area contributed by atoms with E-state index in [1.165, 1.54) is 22.9 Å². The number of carbonyl (C=O) groups is 5. The quantitative estimate of drug-likeness (QED) is 0.329. The molecule has 1 aromatic carbocycles. The number of carbonyl (C=O) groups excluding carboxylic acids is 5. The summed E-state index contributed by atoms with van der Waals surface area (Å²) in [6.07, 6.45) is 5.78. The summed E-state index contributed by atoms with van der Waals surface area (Å²) in [5, 5.41) is 11.2. The molecule has 1 fully saturated rings. The minimum absolute atomic E-state index is 0.0215. The average molecular weight is 585 g/mol. The molecule has 3 rings (SSSR count). The van der Waals surface area contributed by atoms with Crippen molar-refractivity contribution in [2.45, 2.75) is 57.8 Å². The molecule has 1 aromatic heterocycles. The van der Waals surface area contributed by atoms with E-state index in [0.717, 1.165) is 5.56 Å². The van der Waals surface area contributed by atoms with Crippen molar-refractivity contribution in [2.75, 3.05) is 25.1 Å². The second kappa shape index (κ2) is 15.3. The van der Waals surface area contributed by atoms with Crippen LogP contribution >= 0.6 is 11.8 Å². The average Bonchev–Trinajstić information content (AvgIpc) is 3.48. The molecule has 0 bridgehead atoms. The Hall–Kier alpha value is -3.80. The molecule has 11 nitrogen and oxygen atoms in total. The van der Waals surface area contributed by atoms with Gasteiger partial charge in [-0.15, -0.1) is 0 Å². The zero-order chi connectivity index (χ0) is 29.9. The van der Waals surface area contributed by atoms with Crippen LogP contribution in [0, 0.1) is 5.92 Å². The maximum Gasteiger partial charge on any atom is 0.255 e. The first-order valence-corrected chi connectivity index (χ1v) is 15.1. The van der Waals surface area contributed by atoms with Gasteiger partial charge in [0, 0.05) is 18.9 Å². The van der Waals surface area contributed by atoms with Crippen molar-refractivity contribution in [3.8, 4) is 0 Å². The number of thioether (sulfide) groups is 1. The van der Waals surface area contributed by atoms with Crippen LogP contribution in [-0.2, 0) is 25.6 Å². The van der Waals surface area contributed by atoms with Gasteiger partial charge in [-0.1, -0.05) is 44.2 Å². The van der Waals surface area contributed by atoms with Crippen molar-refractivity contribution >= 4 is 41.3 Å². The van der Waals surface area contributed by atoms with Crippen molar-refractivity contribution in [2.24, 2.45) is 5.92 Å². The van der Waals surface area contributed by atoms with Gasteiger partial charge >= 0.3 is 0 Å². The zero-order valence-electron chi connectivity index (χ0n) is 23.9. The van der Waals surface area contributed by atoms with Crippen LogP contribution in [0.1, 0.15) is 43.1 Å². The van der Waals surface area contributed by atoms with E-state index in [-0.39, 0.29) is 19.0 Å². The Bertz CT molecular complexity index is 1190. The highest BCUT2D eigenvalue weighted by Crippen LogP contribution is 2.11. The molecule has 4 atom stereocenters. The molecule has 0 unspecified atom stereocenters.